The summed E-state index contributed by atoms with van der Waals surface area (Å²) >= 11 is 1.69. The van der Waals surface area contributed by atoms with E-state index in [1.807, 2.05) is 41.0 Å². The third kappa shape index (κ3) is 1.36. The minimum absolute atomic E-state index is 0.886. The number of aromatic nitrogens is 3. The highest BCUT2D eigenvalue weighted by molar-refractivity contribution is 7.13. The van der Waals surface area contributed by atoms with Crippen LogP contribution in [0.3, 0.4) is 0 Å². The Labute approximate surface area is 107 Å². The molecule has 0 saturated carbocycles. The second-order valence-electron chi connectivity index (χ2n) is 4.09. The third-order valence-electron chi connectivity index (χ3n) is 2.97. The van der Waals surface area contributed by atoms with Crippen molar-refractivity contribution in [1.82, 2.24) is 14.6 Å². The van der Waals surface area contributed by atoms with Gasteiger partial charge in [0.05, 0.1) is 10.4 Å². The van der Waals surface area contributed by atoms with E-state index in [9.17, 15) is 0 Å². The SMILES string of the molecule is c1csc(-c2cc3ncc4ccccc4n3n2)c1. The van der Waals surface area contributed by atoms with Gasteiger partial charge in [0.2, 0.25) is 0 Å². The van der Waals surface area contributed by atoms with Crippen molar-refractivity contribution >= 4 is 27.9 Å². The number of nitrogens with zero attached hydrogens (tertiary/aromatic N) is 3. The van der Waals surface area contributed by atoms with Gasteiger partial charge in [-0.1, -0.05) is 24.3 Å². The summed E-state index contributed by atoms with van der Waals surface area (Å²) in [4.78, 5) is 5.62. The lowest BCUT2D eigenvalue weighted by Crippen LogP contribution is -1.91. The molecule has 0 saturated heterocycles. The molecule has 0 spiro atoms. The Morgan fingerprint density at radius 1 is 1.06 bits per heavy atom. The number of fused-ring (bicyclic) bond motifs is 3. The number of thiophene rings is 1. The highest BCUT2D eigenvalue weighted by Crippen LogP contribution is 2.25. The van der Waals surface area contributed by atoms with Crippen molar-refractivity contribution in [1.29, 1.82) is 0 Å². The van der Waals surface area contributed by atoms with E-state index in [0.717, 1.165) is 22.2 Å². The normalized spacial score (nSPS) is 11.3. The minimum atomic E-state index is 0.886. The summed E-state index contributed by atoms with van der Waals surface area (Å²) in [6.45, 7) is 0. The van der Waals surface area contributed by atoms with Crippen LogP contribution in [0.2, 0.25) is 0 Å². The molecular formula is C14H9N3S. The quantitative estimate of drug-likeness (QED) is 0.517. The molecule has 3 heterocycles. The standard InChI is InChI=1S/C14H9N3S/c1-2-5-12-10(4-1)9-15-14-8-11(16-17(12)14)13-6-3-7-18-13/h1-9H. The Morgan fingerprint density at radius 3 is 2.89 bits per heavy atom. The van der Waals surface area contributed by atoms with Crippen LogP contribution in [-0.2, 0) is 0 Å². The van der Waals surface area contributed by atoms with Gasteiger partial charge in [0, 0.05) is 17.6 Å². The van der Waals surface area contributed by atoms with Crippen molar-refractivity contribution in [3.8, 4) is 10.6 Å². The van der Waals surface area contributed by atoms with Crippen LogP contribution in [0.5, 0.6) is 0 Å². The Kier molecular flexibility index (Phi) is 1.98. The van der Waals surface area contributed by atoms with Crippen molar-refractivity contribution in [2.45, 2.75) is 0 Å². The van der Waals surface area contributed by atoms with Gasteiger partial charge in [-0.3, -0.25) is 0 Å². The van der Waals surface area contributed by atoms with Crippen molar-refractivity contribution in [3.63, 3.8) is 0 Å². The summed E-state index contributed by atoms with van der Waals surface area (Å²) in [6.07, 6.45) is 1.89. The molecule has 0 aliphatic carbocycles. The van der Waals surface area contributed by atoms with E-state index in [2.05, 4.69) is 27.6 Å². The monoisotopic (exact) mass is 251 g/mol. The zero-order valence-corrected chi connectivity index (χ0v) is 10.3. The predicted octanol–water partition coefficient (Wildman–Crippen LogP) is 3.61. The first-order valence-corrected chi connectivity index (χ1v) is 6.57. The molecule has 3 nitrogen and oxygen atoms in total. The van der Waals surface area contributed by atoms with Crippen LogP contribution >= 0.6 is 11.3 Å². The summed E-state index contributed by atoms with van der Waals surface area (Å²) in [6, 6.07) is 14.3. The molecule has 86 valence electrons. The average Bonchev–Trinajstić information content (AvgIpc) is 3.07. The highest BCUT2D eigenvalue weighted by Gasteiger charge is 2.08. The lowest BCUT2D eigenvalue weighted by molar-refractivity contribution is 0.989. The van der Waals surface area contributed by atoms with Gasteiger partial charge in [0.25, 0.3) is 0 Å². The van der Waals surface area contributed by atoms with Crippen LogP contribution in [0.15, 0.2) is 54.0 Å². The van der Waals surface area contributed by atoms with E-state index in [1.165, 1.54) is 4.88 Å². The molecule has 0 radical (unpaired) electrons. The Morgan fingerprint density at radius 2 is 2.00 bits per heavy atom. The molecule has 0 amide bonds. The maximum Gasteiger partial charge on any atom is 0.156 e. The van der Waals surface area contributed by atoms with Gasteiger partial charge >= 0.3 is 0 Å². The largest absolute Gasteiger partial charge is 0.236 e. The zero-order chi connectivity index (χ0) is 11.9. The molecule has 0 atom stereocenters. The second-order valence-corrected chi connectivity index (χ2v) is 5.04. The van der Waals surface area contributed by atoms with E-state index >= 15 is 0 Å². The molecule has 18 heavy (non-hydrogen) atoms. The van der Waals surface area contributed by atoms with Crippen molar-refractivity contribution in [2.75, 3.05) is 0 Å². The molecule has 0 N–H and O–H groups in total. The number of benzene rings is 1. The van der Waals surface area contributed by atoms with Crippen LogP contribution in [0, 0.1) is 0 Å². The fourth-order valence-corrected chi connectivity index (χ4v) is 2.79. The van der Waals surface area contributed by atoms with Gasteiger partial charge in [-0.2, -0.15) is 5.10 Å². The van der Waals surface area contributed by atoms with E-state index in [1.54, 1.807) is 11.3 Å². The molecule has 3 aromatic heterocycles. The Hall–Kier alpha value is -2.20. The average molecular weight is 251 g/mol. The lowest BCUT2D eigenvalue weighted by Gasteiger charge is -1.98. The van der Waals surface area contributed by atoms with Gasteiger partial charge in [-0.15, -0.1) is 11.3 Å². The summed E-state index contributed by atoms with van der Waals surface area (Å²) in [7, 11) is 0. The smallest absolute Gasteiger partial charge is 0.156 e. The molecule has 0 fully saturated rings. The highest BCUT2D eigenvalue weighted by atomic mass is 32.1. The number of rotatable bonds is 1. The summed E-state index contributed by atoms with van der Waals surface area (Å²) in [5, 5.41) is 7.81. The number of hydrogen-bond donors (Lipinski definition) is 0. The Balaban J connectivity index is 2.08. The van der Waals surface area contributed by atoms with E-state index in [-0.39, 0.29) is 0 Å². The topological polar surface area (TPSA) is 30.2 Å². The summed E-state index contributed by atoms with van der Waals surface area (Å²) in [5.74, 6) is 0. The summed E-state index contributed by atoms with van der Waals surface area (Å²) in [5.41, 5.74) is 2.95. The van der Waals surface area contributed by atoms with Crippen molar-refractivity contribution in [2.24, 2.45) is 0 Å². The van der Waals surface area contributed by atoms with E-state index in [0.29, 0.717) is 0 Å². The molecule has 0 bridgehead atoms. The molecule has 4 heteroatoms. The van der Waals surface area contributed by atoms with Gasteiger partial charge in [0.15, 0.2) is 5.65 Å². The molecule has 0 unspecified atom stereocenters. The maximum atomic E-state index is 4.65. The van der Waals surface area contributed by atoms with Crippen LogP contribution in [0.25, 0.3) is 27.1 Å². The maximum absolute atomic E-state index is 4.65. The minimum Gasteiger partial charge on any atom is -0.236 e. The fraction of sp³-hybridized carbons (Fsp3) is 0. The van der Waals surface area contributed by atoms with Crippen LogP contribution in [0.1, 0.15) is 0 Å². The van der Waals surface area contributed by atoms with E-state index in [4.69, 9.17) is 0 Å². The fourth-order valence-electron chi connectivity index (χ4n) is 2.11. The van der Waals surface area contributed by atoms with Gasteiger partial charge in [-0.25, -0.2) is 9.50 Å². The first-order chi connectivity index (χ1) is 8.92. The second kappa shape index (κ2) is 3.65. The third-order valence-corrected chi connectivity index (χ3v) is 3.86. The van der Waals surface area contributed by atoms with Crippen LogP contribution in [-0.4, -0.2) is 14.6 Å². The van der Waals surface area contributed by atoms with Crippen molar-refractivity contribution in [3.05, 3.63) is 54.0 Å². The molecule has 4 rings (SSSR count). The van der Waals surface area contributed by atoms with Gasteiger partial charge < -0.3 is 0 Å². The predicted molar refractivity (Wildman–Crippen MR) is 73.8 cm³/mol. The van der Waals surface area contributed by atoms with Crippen LogP contribution in [0.4, 0.5) is 0 Å². The van der Waals surface area contributed by atoms with Crippen LogP contribution < -0.4 is 0 Å². The molecule has 1 aromatic carbocycles. The summed E-state index contributed by atoms with van der Waals surface area (Å²) < 4.78 is 1.91. The molecule has 4 aromatic rings. The first kappa shape index (κ1) is 9.79. The number of hydrogen-bond acceptors (Lipinski definition) is 3. The number of para-hydroxylation sites is 1. The molecule has 0 aliphatic heterocycles. The lowest BCUT2D eigenvalue weighted by atomic mass is 10.2. The Bertz CT molecular complexity index is 831. The van der Waals surface area contributed by atoms with Crippen molar-refractivity contribution < 1.29 is 0 Å². The van der Waals surface area contributed by atoms with E-state index < -0.39 is 0 Å². The van der Waals surface area contributed by atoms with Gasteiger partial charge in [-0.05, 0) is 17.5 Å². The molecule has 0 aliphatic rings. The first-order valence-electron chi connectivity index (χ1n) is 5.69. The molecular weight excluding hydrogens is 242 g/mol. The zero-order valence-electron chi connectivity index (χ0n) is 9.45. The van der Waals surface area contributed by atoms with Gasteiger partial charge in [0.1, 0.15) is 5.69 Å².